The van der Waals surface area contributed by atoms with Gasteiger partial charge >= 0.3 is 0 Å². The number of nitrogens with one attached hydrogen (secondary N) is 2. The number of nitrogens with zero attached hydrogens (tertiary/aromatic N) is 4. The molecule has 1 aliphatic rings. The lowest BCUT2D eigenvalue weighted by atomic mass is 10.1. The van der Waals surface area contributed by atoms with Crippen molar-refractivity contribution < 1.29 is 4.79 Å². The molecular weight excluding hydrogens is 444 g/mol. The molecule has 0 fully saturated rings. The molecule has 180 valence electrons. The Labute approximate surface area is 202 Å². The van der Waals surface area contributed by atoms with E-state index in [0.29, 0.717) is 42.3 Å². The van der Waals surface area contributed by atoms with Gasteiger partial charge in [0.25, 0.3) is 5.56 Å². The predicted octanol–water partition coefficient (Wildman–Crippen LogP) is 1.99. The maximum atomic E-state index is 13.2. The van der Waals surface area contributed by atoms with Gasteiger partial charge in [-0.1, -0.05) is 24.3 Å². The molecule has 2 aromatic heterocycles. The molecule has 4 rings (SSSR count). The van der Waals surface area contributed by atoms with Crippen molar-refractivity contribution in [3.8, 4) is 0 Å². The molecule has 35 heavy (non-hydrogen) atoms. The third kappa shape index (κ3) is 5.55. The van der Waals surface area contributed by atoms with Crippen LogP contribution < -0.4 is 27.7 Å². The summed E-state index contributed by atoms with van der Waals surface area (Å²) in [5.74, 6) is 0.781. The van der Waals surface area contributed by atoms with Gasteiger partial charge in [-0.25, -0.2) is 9.97 Å². The number of pyridine rings is 1. The summed E-state index contributed by atoms with van der Waals surface area (Å²) in [7, 11) is 0. The molecule has 0 bridgehead atoms. The monoisotopic (exact) mass is 472 g/mol. The van der Waals surface area contributed by atoms with Crippen molar-refractivity contribution in [1.29, 1.82) is 0 Å². The SMILES string of the molecule is Cc1nc(N)ccc1CNC(=O)C1CCc2ncc(NC/C(C=Nc3ccccc3)=C/N)c(=O)n21. The van der Waals surface area contributed by atoms with Gasteiger partial charge < -0.3 is 22.1 Å². The Bertz CT molecular complexity index is 1330. The molecule has 1 amide bonds. The van der Waals surface area contributed by atoms with E-state index in [1.165, 1.54) is 17.0 Å². The molecule has 6 N–H and O–H groups in total. The highest BCUT2D eigenvalue weighted by atomic mass is 16.2. The number of carbonyl (C=O) groups is 1. The van der Waals surface area contributed by atoms with Crippen LogP contribution in [0.5, 0.6) is 0 Å². The Hall–Kier alpha value is -4.47. The standard InChI is InChI=1S/C25H28N8O2/c1-16-18(7-9-22(27)32-16)14-31-24(34)21-8-10-23-30-15-20(25(35)33(21)23)29-13-17(11-26)12-28-19-5-3-2-4-6-19/h2-7,9,11-12,15,21,29H,8,10,13-14,26H2,1H3,(H2,27,32)(H,31,34)/b17-11+,28-12?. The van der Waals surface area contributed by atoms with Crippen LogP contribution in [0.1, 0.15) is 29.5 Å². The van der Waals surface area contributed by atoms with E-state index in [1.54, 1.807) is 12.3 Å². The number of aliphatic imine (C=N–C) groups is 1. The first-order valence-electron chi connectivity index (χ1n) is 11.3. The lowest BCUT2D eigenvalue weighted by Gasteiger charge is -2.16. The van der Waals surface area contributed by atoms with Gasteiger partial charge in [-0.05, 0) is 37.1 Å². The molecule has 0 spiro atoms. The van der Waals surface area contributed by atoms with Gasteiger partial charge in [0.2, 0.25) is 5.91 Å². The minimum absolute atomic E-state index is 0.237. The zero-order valence-electron chi connectivity index (χ0n) is 19.4. The number of amides is 1. The van der Waals surface area contributed by atoms with Crippen molar-refractivity contribution in [3.05, 3.63) is 87.9 Å². The second-order valence-electron chi connectivity index (χ2n) is 8.21. The lowest BCUT2D eigenvalue weighted by Crippen LogP contribution is -2.36. The van der Waals surface area contributed by atoms with Gasteiger partial charge in [0.15, 0.2) is 0 Å². The van der Waals surface area contributed by atoms with Crippen LogP contribution in [0.4, 0.5) is 17.2 Å². The first kappa shape index (κ1) is 23.7. The molecule has 0 aliphatic carbocycles. The van der Waals surface area contributed by atoms with E-state index in [-0.39, 0.29) is 18.0 Å². The minimum atomic E-state index is -0.627. The number of aryl methyl sites for hydroxylation is 2. The average Bonchev–Trinajstić information content (AvgIpc) is 3.30. The Morgan fingerprint density at radius 2 is 2.06 bits per heavy atom. The topological polar surface area (TPSA) is 153 Å². The molecule has 0 saturated carbocycles. The third-order valence-electron chi connectivity index (χ3n) is 5.83. The number of fused-ring (bicyclic) bond motifs is 1. The van der Waals surface area contributed by atoms with Gasteiger partial charge in [0.1, 0.15) is 23.4 Å². The zero-order valence-corrected chi connectivity index (χ0v) is 19.4. The van der Waals surface area contributed by atoms with Crippen molar-refractivity contribution >= 4 is 29.3 Å². The zero-order chi connectivity index (χ0) is 24.8. The third-order valence-corrected chi connectivity index (χ3v) is 5.83. The van der Waals surface area contributed by atoms with Crippen LogP contribution in [0.25, 0.3) is 0 Å². The second-order valence-corrected chi connectivity index (χ2v) is 8.21. The van der Waals surface area contributed by atoms with Gasteiger partial charge in [-0.3, -0.25) is 19.1 Å². The number of anilines is 2. The van der Waals surface area contributed by atoms with Crippen LogP contribution >= 0.6 is 0 Å². The normalized spacial score (nSPS) is 15.2. The number of aromatic nitrogens is 3. The fourth-order valence-electron chi connectivity index (χ4n) is 3.89. The summed E-state index contributed by atoms with van der Waals surface area (Å²) < 4.78 is 1.47. The molecular formula is C25H28N8O2. The van der Waals surface area contributed by atoms with Crippen LogP contribution in [-0.2, 0) is 17.8 Å². The molecule has 10 nitrogen and oxygen atoms in total. The summed E-state index contributed by atoms with van der Waals surface area (Å²) in [4.78, 5) is 39.1. The predicted molar refractivity (Wildman–Crippen MR) is 136 cm³/mol. The van der Waals surface area contributed by atoms with E-state index in [0.717, 1.165) is 16.9 Å². The Balaban J connectivity index is 1.43. The summed E-state index contributed by atoms with van der Waals surface area (Å²) in [5, 5.41) is 5.98. The number of nitrogens with two attached hydrogens (primary N) is 2. The molecule has 3 aromatic rings. The summed E-state index contributed by atoms with van der Waals surface area (Å²) in [6.07, 6.45) is 5.63. The maximum absolute atomic E-state index is 13.2. The largest absolute Gasteiger partial charge is 0.404 e. The maximum Gasteiger partial charge on any atom is 0.277 e. The first-order chi connectivity index (χ1) is 17.0. The summed E-state index contributed by atoms with van der Waals surface area (Å²) in [5.41, 5.74) is 14.5. The summed E-state index contributed by atoms with van der Waals surface area (Å²) >= 11 is 0. The van der Waals surface area contributed by atoms with Crippen molar-refractivity contribution in [2.75, 3.05) is 17.6 Å². The van der Waals surface area contributed by atoms with Gasteiger partial charge in [0.05, 0.1) is 11.9 Å². The molecule has 3 heterocycles. The highest BCUT2D eigenvalue weighted by molar-refractivity contribution is 5.82. The number of hydrogen-bond acceptors (Lipinski definition) is 8. The molecule has 1 atom stereocenters. The number of hydrogen-bond donors (Lipinski definition) is 4. The van der Waals surface area contributed by atoms with Crippen LogP contribution in [0, 0.1) is 6.92 Å². The van der Waals surface area contributed by atoms with Crippen LogP contribution in [0.15, 0.2) is 70.2 Å². The Kier molecular flexibility index (Phi) is 7.20. The molecule has 0 radical (unpaired) electrons. The fourth-order valence-corrected chi connectivity index (χ4v) is 3.89. The number of para-hydroxylation sites is 1. The second kappa shape index (κ2) is 10.6. The van der Waals surface area contributed by atoms with E-state index >= 15 is 0 Å². The molecule has 1 aromatic carbocycles. The average molecular weight is 473 g/mol. The minimum Gasteiger partial charge on any atom is -0.404 e. The van der Waals surface area contributed by atoms with E-state index in [4.69, 9.17) is 11.5 Å². The fraction of sp³-hybridized carbons (Fsp3) is 0.240. The van der Waals surface area contributed by atoms with Crippen LogP contribution in [0.2, 0.25) is 0 Å². The quantitative estimate of drug-likeness (QED) is 0.366. The van der Waals surface area contributed by atoms with Gasteiger partial charge in [0, 0.05) is 43.2 Å². The lowest BCUT2D eigenvalue weighted by molar-refractivity contribution is -0.124. The number of rotatable bonds is 8. The van der Waals surface area contributed by atoms with Gasteiger partial charge in [-0.2, -0.15) is 0 Å². The Morgan fingerprint density at radius 3 is 2.80 bits per heavy atom. The molecule has 0 saturated heterocycles. The highest BCUT2D eigenvalue weighted by Gasteiger charge is 2.31. The van der Waals surface area contributed by atoms with E-state index in [2.05, 4.69) is 25.6 Å². The van der Waals surface area contributed by atoms with Crippen molar-refractivity contribution in [2.45, 2.75) is 32.4 Å². The highest BCUT2D eigenvalue weighted by Crippen LogP contribution is 2.23. The first-order valence-corrected chi connectivity index (χ1v) is 11.3. The number of nitrogen functional groups attached to an aromatic ring is 1. The number of carbonyl (C=O) groups excluding carboxylic acids is 1. The van der Waals surface area contributed by atoms with E-state index in [1.807, 2.05) is 43.3 Å². The smallest absolute Gasteiger partial charge is 0.277 e. The summed E-state index contributed by atoms with van der Waals surface area (Å²) in [6, 6.07) is 12.4. The van der Waals surface area contributed by atoms with E-state index < -0.39 is 6.04 Å². The van der Waals surface area contributed by atoms with E-state index in [9.17, 15) is 9.59 Å². The van der Waals surface area contributed by atoms with Crippen molar-refractivity contribution in [3.63, 3.8) is 0 Å². The Morgan fingerprint density at radius 1 is 1.26 bits per heavy atom. The summed E-state index contributed by atoms with van der Waals surface area (Å²) in [6.45, 7) is 2.42. The van der Waals surface area contributed by atoms with Gasteiger partial charge in [-0.15, -0.1) is 0 Å². The molecule has 1 aliphatic heterocycles. The number of benzene rings is 1. The van der Waals surface area contributed by atoms with Crippen LogP contribution in [-0.4, -0.2) is 33.2 Å². The van der Waals surface area contributed by atoms with Crippen molar-refractivity contribution in [1.82, 2.24) is 19.9 Å². The molecule has 1 unspecified atom stereocenters. The van der Waals surface area contributed by atoms with Crippen molar-refractivity contribution in [2.24, 2.45) is 10.7 Å². The van der Waals surface area contributed by atoms with Crippen LogP contribution in [0.3, 0.4) is 0 Å². The molecule has 10 heteroatoms.